The maximum Gasteiger partial charge on any atom is 1.00 e. The molecular formula is C7H7NaO. The van der Waals surface area contributed by atoms with Crippen molar-refractivity contribution in [3.05, 3.63) is 29.8 Å². The zero-order valence-electron chi connectivity index (χ0n) is 5.68. The van der Waals surface area contributed by atoms with Crippen molar-refractivity contribution < 1.29 is 34.7 Å². The van der Waals surface area contributed by atoms with Crippen LogP contribution in [-0.4, -0.2) is 5.11 Å². The second-order valence-electron chi connectivity index (χ2n) is 1.73. The summed E-state index contributed by atoms with van der Waals surface area (Å²) in [6, 6.07) is 7.86. The predicted octanol–water partition coefficient (Wildman–Crippen LogP) is -1.50. The summed E-state index contributed by atoms with van der Waals surface area (Å²) >= 11 is 0. The first-order valence-corrected chi connectivity index (χ1v) is 2.46. The van der Waals surface area contributed by atoms with Crippen LogP contribution in [0.15, 0.2) is 18.2 Å². The Bertz CT molecular complexity index is 148. The number of aromatic hydroxyl groups is 1. The summed E-state index contributed by atoms with van der Waals surface area (Å²) in [4.78, 5) is 0. The van der Waals surface area contributed by atoms with E-state index in [1.807, 2.05) is 13.0 Å². The van der Waals surface area contributed by atoms with Crippen molar-refractivity contribution in [2.75, 3.05) is 0 Å². The minimum atomic E-state index is 0. The SMILES string of the molecule is Cc1[c-]cc(O)cc1.[Na+]. The maximum absolute atomic E-state index is 8.73. The smallest absolute Gasteiger partial charge is 0.566 e. The van der Waals surface area contributed by atoms with Crippen LogP contribution in [0.25, 0.3) is 0 Å². The number of aryl methyl sites for hydroxylation is 1. The number of benzene rings is 1. The Morgan fingerprint density at radius 3 is 2.44 bits per heavy atom. The fourth-order valence-corrected chi connectivity index (χ4v) is 0.494. The van der Waals surface area contributed by atoms with Crippen molar-refractivity contribution in [3.63, 3.8) is 0 Å². The van der Waals surface area contributed by atoms with E-state index in [1.165, 1.54) is 0 Å². The first-order chi connectivity index (χ1) is 3.79. The molecule has 1 aromatic carbocycles. The molecule has 0 unspecified atom stereocenters. The summed E-state index contributed by atoms with van der Waals surface area (Å²) in [5.41, 5.74) is 1.04. The van der Waals surface area contributed by atoms with Crippen molar-refractivity contribution in [2.24, 2.45) is 0 Å². The van der Waals surface area contributed by atoms with Crippen LogP contribution in [0.3, 0.4) is 0 Å². The van der Waals surface area contributed by atoms with E-state index in [0.717, 1.165) is 5.56 Å². The van der Waals surface area contributed by atoms with E-state index < -0.39 is 0 Å². The van der Waals surface area contributed by atoms with Crippen LogP contribution in [0.4, 0.5) is 0 Å². The average molecular weight is 130 g/mol. The van der Waals surface area contributed by atoms with Crippen LogP contribution >= 0.6 is 0 Å². The summed E-state index contributed by atoms with van der Waals surface area (Å²) in [7, 11) is 0. The minimum absolute atomic E-state index is 0. The summed E-state index contributed by atoms with van der Waals surface area (Å²) in [5, 5.41) is 8.73. The fraction of sp³-hybridized carbons (Fsp3) is 0.143. The molecule has 0 aliphatic carbocycles. The molecule has 0 saturated carbocycles. The molecule has 1 aromatic rings. The molecule has 0 fully saturated rings. The normalized spacial score (nSPS) is 8.11. The van der Waals surface area contributed by atoms with Gasteiger partial charge in [-0.2, -0.15) is 17.7 Å². The third-order valence-electron chi connectivity index (χ3n) is 0.952. The van der Waals surface area contributed by atoms with Gasteiger partial charge in [0.1, 0.15) is 0 Å². The molecule has 1 N–H and O–H groups in total. The first kappa shape index (κ1) is 9.02. The molecule has 0 aliphatic rings. The standard InChI is InChI=1S/C7H7O.Na/c1-6-2-4-7(8)5-3-6;/h2,4-5,8H,1H3;/q-1;+1. The van der Waals surface area contributed by atoms with Gasteiger partial charge >= 0.3 is 29.6 Å². The van der Waals surface area contributed by atoms with E-state index >= 15 is 0 Å². The molecule has 0 radical (unpaired) electrons. The molecule has 9 heavy (non-hydrogen) atoms. The van der Waals surface area contributed by atoms with Gasteiger partial charge in [0.2, 0.25) is 0 Å². The van der Waals surface area contributed by atoms with E-state index in [9.17, 15) is 0 Å². The summed E-state index contributed by atoms with van der Waals surface area (Å²) < 4.78 is 0. The molecule has 1 nitrogen and oxygen atoms in total. The third kappa shape index (κ3) is 2.89. The summed E-state index contributed by atoms with van der Waals surface area (Å²) in [6.45, 7) is 1.93. The summed E-state index contributed by atoms with van der Waals surface area (Å²) in [5.74, 6) is 0.274. The zero-order valence-corrected chi connectivity index (χ0v) is 7.68. The average Bonchev–Trinajstić information content (AvgIpc) is 1.77. The Hall–Kier alpha value is 0.0200. The fourth-order valence-electron chi connectivity index (χ4n) is 0.494. The van der Waals surface area contributed by atoms with Gasteiger partial charge in [0.25, 0.3) is 0 Å². The van der Waals surface area contributed by atoms with Gasteiger partial charge in [-0.3, -0.25) is 0 Å². The van der Waals surface area contributed by atoms with Crippen LogP contribution in [0.5, 0.6) is 5.75 Å². The van der Waals surface area contributed by atoms with Gasteiger partial charge in [-0.1, -0.05) is 6.92 Å². The number of hydrogen-bond donors (Lipinski definition) is 1. The molecule has 0 spiro atoms. The van der Waals surface area contributed by atoms with Gasteiger partial charge in [0.15, 0.2) is 0 Å². The second-order valence-corrected chi connectivity index (χ2v) is 1.73. The predicted molar refractivity (Wildman–Crippen MR) is 31.7 cm³/mol. The molecule has 0 aliphatic heterocycles. The van der Waals surface area contributed by atoms with Crippen molar-refractivity contribution in [2.45, 2.75) is 6.92 Å². The molecule has 42 valence electrons. The number of phenols is 1. The number of rotatable bonds is 0. The molecule has 0 saturated heterocycles. The minimum Gasteiger partial charge on any atom is -0.566 e. The molecular weight excluding hydrogens is 123 g/mol. The molecule has 0 aromatic heterocycles. The van der Waals surface area contributed by atoms with Gasteiger partial charge in [-0.25, -0.2) is 0 Å². The van der Waals surface area contributed by atoms with Crippen molar-refractivity contribution >= 4 is 0 Å². The van der Waals surface area contributed by atoms with Gasteiger partial charge in [0, 0.05) is 5.75 Å². The first-order valence-electron chi connectivity index (χ1n) is 2.46. The van der Waals surface area contributed by atoms with Gasteiger partial charge in [-0.15, -0.1) is 12.1 Å². The molecule has 0 amide bonds. The van der Waals surface area contributed by atoms with Gasteiger partial charge in [-0.05, 0) is 0 Å². The Balaban J connectivity index is 0.000000640. The Kier molecular flexibility index (Phi) is 3.95. The number of phenolic OH excluding ortho intramolecular Hbond substituents is 1. The topological polar surface area (TPSA) is 20.2 Å². The van der Waals surface area contributed by atoms with Crippen LogP contribution in [0.1, 0.15) is 5.56 Å². The Morgan fingerprint density at radius 2 is 2.11 bits per heavy atom. The third-order valence-corrected chi connectivity index (χ3v) is 0.952. The van der Waals surface area contributed by atoms with E-state index in [2.05, 4.69) is 6.07 Å². The number of hydrogen-bond acceptors (Lipinski definition) is 1. The van der Waals surface area contributed by atoms with Crippen molar-refractivity contribution in [1.82, 2.24) is 0 Å². The van der Waals surface area contributed by atoms with Crippen LogP contribution < -0.4 is 29.6 Å². The maximum atomic E-state index is 8.73. The molecule has 0 heterocycles. The molecule has 0 atom stereocenters. The molecule has 0 bridgehead atoms. The Morgan fingerprint density at radius 1 is 1.44 bits per heavy atom. The van der Waals surface area contributed by atoms with Crippen LogP contribution in [0.2, 0.25) is 0 Å². The molecule has 1 rings (SSSR count). The van der Waals surface area contributed by atoms with E-state index in [1.54, 1.807) is 12.1 Å². The second kappa shape index (κ2) is 3.94. The van der Waals surface area contributed by atoms with E-state index in [-0.39, 0.29) is 35.3 Å². The van der Waals surface area contributed by atoms with E-state index in [0.29, 0.717) is 0 Å². The van der Waals surface area contributed by atoms with Crippen molar-refractivity contribution in [3.8, 4) is 5.75 Å². The summed E-state index contributed by atoms with van der Waals surface area (Å²) in [6.07, 6.45) is 0. The van der Waals surface area contributed by atoms with Crippen molar-refractivity contribution in [1.29, 1.82) is 0 Å². The van der Waals surface area contributed by atoms with Gasteiger partial charge < -0.3 is 5.11 Å². The van der Waals surface area contributed by atoms with Crippen LogP contribution in [-0.2, 0) is 0 Å². The largest absolute Gasteiger partial charge is 1.00 e. The Labute approximate surface area is 77.0 Å². The van der Waals surface area contributed by atoms with E-state index in [4.69, 9.17) is 5.11 Å². The molecule has 2 heteroatoms. The van der Waals surface area contributed by atoms with Crippen LogP contribution in [0, 0.1) is 13.0 Å². The quantitative estimate of drug-likeness (QED) is 0.335. The van der Waals surface area contributed by atoms with Gasteiger partial charge in [0.05, 0.1) is 0 Å². The monoisotopic (exact) mass is 130 g/mol. The zero-order chi connectivity index (χ0) is 5.98.